The molecule has 2 aromatic heterocycles. The van der Waals surface area contributed by atoms with Gasteiger partial charge in [-0.05, 0) is 36.2 Å². The Morgan fingerprint density at radius 2 is 1.97 bits per heavy atom. The summed E-state index contributed by atoms with van der Waals surface area (Å²) in [4.78, 5) is 16.7. The number of ether oxygens (including phenoxy) is 2. The predicted octanol–water partition coefficient (Wildman–Crippen LogP) is 3.36. The van der Waals surface area contributed by atoms with Crippen molar-refractivity contribution in [2.24, 2.45) is 5.92 Å². The Hall–Kier alpha value is -3.33. The average Bonchev–Trinajstić information content (AvgIpc) is 3.39. The van der Waals surface area contributed by atoms with E-state index >= 15 is 0 Å². The molecule has 0 radical (unpaired) electrons. The molecule has 7 nitrogen and oxygen atoms in total. The second kappa shape index (κ2) is 9.93. The van der Waals surface area contributed by atoms with Crippen molar-refractivity contribution in [3.05, 3.63) is 66.3 Å². The third-order valence-electron chi connectivity index (χ3n) is 4.93. The molecule has 0 unspecified atom stereocenters. The third kappa shape index (κ3) is 4.46. The van der Waals surface area contributed by atoms with Crippen molar-refractivity contribution in [2.75, 3.05) is 20.3 Å². The van der Waals surface area contributed by atoms with Gasteiger partial charge in [-0.1, -0.05) is 0 Å². The molecular formula is C21H21F2N3O4. The molecule has 4 rings (SSSR count). The summed E-state index contributed by atoms with van der Waals surface area (Å²) in [6.45, 7) is 0.874. The van der Waals surface area contributed by atoms with Crippen LogP contribution in [-0.4, -0.2) is 46.4 Å². The number of hydrogen-bond acceptors (Lipinski definition) is 5. The quantitative estimate of drug-likeness (QED) is 0.641. The van der Waals surface area contributed by atoms with Crippen LogP contribution in [0.3, 0.4) is 0 Å². The lowest BCUT2D eigenvalue weighted by Gasteiger charge is -2.21. The summed E-state index contributed by atoms with van der Waals surface area (Å²) in [5.74, 6) is -1.25. The molecule has 1 aliphatic heterocycles. The monoisotopic (exact) mass is 417 g/mol. The van der Waals surface area contributed by atoms with Gasteiger partial charge in [0.05, 0.1) is 31.9 Å². The van der Waals surface area contributed by atoms with Crippen molar-refractivity contribution in [3.63, 3.8) is 0 Å². The number of rotatable bonds is 5. The van der Waals surface area contributed by atoms with Crippen molar-refractivity contribution >= 4 is 6.47 Å². The lowest BCUT2D eigenvalue weighted by molar-refractivity contribution is -0.122. The molecule has 0 amide bonds. The summed E-state index contributed by atoms with van der Waals surface area (Å²) >= 11 is 0. The van der Waals surface area contributed by atoms with Crippen LogP contribution in [0.25, 0.3) is 11.4 Å². The van der Waals surface area contributed by atoms with Crippen molar-refractivity contribution in [1.29, 1.82) is 0 Å². The number of methoxy groups -OCH3 is 1. The number of imidazole rings is 1. The van der Waals surface area contributed by atoms with Crippen molar-refractivity contribution in [2.45, 2.75) is 12.5 Å². The number of carbonyl (C=O) groups is 1. The van der Waals surface area contributed by atoms with Gasteiger partial charge in [-0.15, -0.1) is 0 Å². The van der Waals surface area contributed by atoms with Gasteiger partial charge in [0.2, 0.25) is 0 Å². The standard InChI is InChI=1S/C20H19F2N3O2.CH2O2/c1-26-19-16(21)3-2-15(18(19)22)20-24-8-9-25(20)17-12-27-11-14(17)10-13-4-6-23-7-5-13;2-1-3/h2-9,14,17H,10-12H2,1H3;1H,(H,2,3)/t14-,17-;/m1./s1. The summed E-state index contributed by atoms with van der Waals surface area (Å²) in [7, 11) is 1.24. The van der Waals surface area contributed by atoms with Crippen LogP contribution in [0.1, 0.15) is 11.6 Å². The van der Waals surface area contributed by atoms with Gasteiger partial charge >= 0.3 is 0 Å². The molecule has 1 aromatic carbocycles. The fourth-order valence-electron chi connectivity index (χ4n) is 3.59. The first-order valence-corrected chi connectivity index (χ1v) is 9.20. The van der Waals surface area contributed by atoms with E-state index in [1.807, 2.05) is 22.9 Å². The van der Waals surface area contributed by atoms with Gasteiger partial charge in [-0.25, -0.2) is 13.8 Å². The first-order valence-electron chi connectivity index (χ1n) is 9.20. The highest BCUT2D eigenvalue weighted by Crippen LogP contribution is 2.35. The molecule has 0 bridgehead atoms. The van der Waals surface area contributed by atoms with E-state index in [0.29, 0.717) is 19.0 Å². The molecule has 0 saturated carbocycles. The smallest absolute Gasteiger partial charge is 0.290 e. The summed E-state index contributed by atoms with van der Waals surface area (Å²) in [5, 5.41) is 6.89. The summed E-state index contributed by atoms with van der Waals surface area (Å²) in [6, 6.07) is 6.55. The first-order chi connectivity index (χ1) is 14.6. The van der Waals surface area contributed by atoms with Crippen molar-refractivity contribution < 1.29 is 28.2 Å². The van der Waals surface area contributed by atoms with E-state index in [2.05, 4.69) is 9.97 Å². The Bertz CT molecular complexity index is 982. The minimum Gasteiger partial charge on any atom is -0.491 e. The lowest BCUT2D eigenvalue weighted by Crippen LogP contribution is -2.20. The van der Waals surface area contributed by atoms with E-state index in [0.717, 1.165) is 6.42 Å². The summed E-state index contributed by atoms with van der Waals surface area (Å²) in [6.07, 6.45) is 7.78. The highest BCUT2D eigenvalue weighted by Gasteiger charge is 2.32. The molecule has 158 valence electrons. The largest absolute Gasteiger partial charge is 0.491 e. The molecule has 9 heteroatoms. The molecule has 1 aliphatic rings. The van der Waals surface area contributed by atoms with Gasteiger partial charge in [-0.3, -0.25) is 9.78 Å². The Morgan fingerprint density at radius 3 is 2.67 bits per heavy atom. The fraction of sp³-hybridized carbons (Fsp3) is 0.286. The van der Waals surface area contributed by atoms with Crippen molar-refractivity contribution in [3.8, 4) is 17.1 Å². The lowest BCUT2D eigenvalue weighted by atomic mass is 9.95. The molecule has 1 N–H and O–H groups in total. The topological polar surface area (TPSA) is 86.5 Å². The highest BCUT2D eigenvalue weighted by atomic mass is 19.1. The van der Waals surface area contributed by atoms with E-state index in [4.69, 9.17) is 19.4 Å². The molecule has 0 aliphatic carbocycles. The second-order valence-electron chi connectivity index (χ2n) is 6.63. The minimum absolute atomic E-state index is 0.00566. The molecule has 3 aromatic rings. The fourth-order valence-corrected chi connectivity index (χ4v) is 3.59. The average molecular weight is 417 g/mol. The second-order valence-corrected chi connectivity index (χ2v) is 6.63. The van der Waals surface area contributed by atoms with E-state index in [-0.39, 0.29) is 24.0 Å². The van der Waals surface area contributed by atoms with Crippen LogP contribution < -0.4 is 4.74 Å². The summed E-state index contributed by atoms with van der Waals surface area (Å²) in [5.41, 5.74) is 1.37. The van der Waals surface area contributed by atoms with Crippen LogP contribution in [0.4, 0.5) is 8.78 Å². The maximum absolute atomic E-state index is 14.8. The molecule has 30 heavy (non-hydrogen) atoms. The molecular weight excluding hydrogens is 396 g/mol. The number of pyridine rings is 1. The Labute approximate surface area is 171 Å². The van der Waals surface area contributed by atoms with E-state index < -0.39 is 17.4 Å². The predicted molar refractivity (Wildman–Crippen MR) is 104 cm³/mol. The van der Waals surface area contributed by atoms with E-state index in [1.165, 1.54) is 24.8 Å². The van der Waals surface area contributed by atoms with Crippen LogP contribution in [0.15, 0.2) is 49.1 Å². The maximum atomic E-state index is 14.8. The van der Waals surface area contributed by atoms with Gasteiger partial charge in [0.15, 0.2) is 17.4 Å². The number of nitrogens with zero attached hydrogens (tertiary/aromatic N) is 3. The van der Waals surface area contributed by atoms with Gasteiger partial charge in [0.25, 0.3) is 6.47 Å². The normalized spacial score (nSPS) is 17.8. The number of carboxylic acid groups (broad SMARTS) is 1. The van der Waals surface area contributed by atoms with E-state index in [9.17, 15) is 8.78 Å². The van der Waals surface area contributed by atoms with Crippen LogP contribution >= 0.6 is 0 Å². The van der Waals surface area contributed by atoms with Crippen LogP contribution in [0, 0.1) is 17.6 Å². The number of aromatic nitrogens is 3. The van der Waals surface area contributed by atoms with Gasteiger partial charge in [0.1, 0.15) is 5.82 Å². The molecule has 0 spiro atoms. The number of hydrogen-bond donors (Lipinski definition) is 1. The third-order valence-corrected chi connectivity index (χ3v) is 4.93. The Kier molecular flexibility index (Phi) is 7.08. The van der Waals surface area contributed by atoms with Gasteiger partial charge in [-0.2, -0.15) is 0 Å². The van der Waals surface area contributed by atoms with Crippen molar-refractivity contribution in [1.82, 2.24) is 14.5 Å². The maximum Gasteiger partial charge on any atom is 0.290 e. The van der Waals surface area contributed by atoms with E-state index in [1.54, 1.807) is 18.6 Å². The van der Waals surface area contributed by atoms with Gasteiger partial charge in [0, 0.05) is 30.7 Å². The van der Waals surface area contributed by atoms with Crippen LogP contribution in [0.5, 0.6) is 5.75 Å². The number of benzene rings is 1. The zero-order chi connectivity index (χ0) is 21.5. The minimum atomic E-state index is -0.755. The van der Waals surface area contributed by atoms with Gasteiger partial charge < -0.3 is 19.1 Å². The van der Waals surface area contributed by atoms with Crippen LogP contribution in [-0.2, 0) is 16.0 Å². The first kappa shape index (κ1) is 21.4. The van der Waals surface area contributed by atoms with Crippen LogP contribution in [0.2, 0.25) is 0 Å². The Balaban J connectivity index is 0.000000806. The highest BCUT2D eigenvalue weighted by molar-refractivity contribution is 5.60. The zero-order valence-corrected chi connectivity index (χ0v) is 16.2. The molecule has 2 atom stereocenters. The molecule has 1 fully saturated rings. The number of halogens is 2. The molecule has 3 heterocycles. The Morgan fingerprint density at radius 1 is 1.23 bits per heavy atom. The zero-order valence-electron chi connectivity index (χ0n) is 16.2. The SMILES string of the molecule is COc1c(F)ccc(-c2nccn2[C@@H]2COC[C@H]2Cc2ccncc2)c1F.O=CO. The summed E-state index contributed by atoms with van der Waals surface area (Å²) < 4.78 is 41.0. The molecule has 1 saturated heterocycles.